The van der Waals surface area contributed by atoms with Crippen molar-refractivity contribution in [1.82, 2.24) is 19.2 Å². The molecule has 11 heteroatoms. The van der Waals surface area contributed by atoms with Crippen molar-refractivity contribution in [2.45, 2.75) is 25.5 Å². The van der Waals surface area contributed by atoms with Crippen molar-refractivity contribution < 1.29 is 19.0 Å². The van der Waals surface area contributed by atoms with Gasteiger partial charge in [-0.3, -0.25) is 14.3 Å². The fourth-order valence-electron chi connectivity index (χ4n) is 5.81. The standard InChI is InChI=1S/C27H27ClFN5O4/c1-32-6-4-18-23(3-2-19(28)25(18)26(32)37)38-17-10-27(11-17)14-33(15-27)7-5-30-21-9-22-16(8-20(21)29)12-31-34(22)13-24(35)36/h2-4,6,8-9,12,17,30H,5,7,10-11,13-15H2,1H3,(H,35,36). The first-order valence-electron chi connectivity index (χ1n) is 12.5. The molecule has 3 heterocycles. The van der Waals surface area contributed by atoms with Crippen LogP contribution in [0.4, 0.5) is 10.1 Å². The maximum atomic E-state index is 14.5. The third-order valence-corrected chi connectivity index (χ3v) is 7.96. The zero-order valence-corrected chi connectivity index (χ0v) is 21.5. The number of hydrogen-bond donors (Lipinski definition) is 2. The van der Waals surface area contributed by atoms with Crippen LogP contribution in [0, 0.1) is 11.2 Å². The molecule has 38 heavy (non-hydrogen) atoms. The maximum absolute atomic E-state index is 14.5. The van der Waals surface area contributed by atoms with Crippen molar-refractivity contribution in [1.29, 1.82) is 0 Å². The molecule has 4 aromatic rings. The number of halogens is 2. The second-order valence-corrected chi connectivity index (χ2v) is 10.8. The SMILES string of the molecule is Cn1ccc2c(OC3CC4(C3)CN(CCNc3cc5c(cnn5CC(=O)O)cc3F)C4)ccc(Cl)c2c1=O. The first-order valence-corrected chi connectivity index (χ1v) is 12.9. The molecule has 2 aromatic heterocycles. The number of aromatic nitrogens is 3. The minimum absolute atomic E-state index is 0.0974. The summed E-state index contributed by atoms with van der Waals surface area (Å²) in [7, 11) is 1.70. The first kappa shape index (κ1) is 24.7. The smallest absolute Gasteiger partial charge is 0.325 e. The molecule has 0 amide bonds. The second-order valence-electron chi connectivity index (χ2n) is 10.4. The molecule has 9 nitrogen and oxygen atoms in total. The Morgan fingerprint density at radius 3 is 2.84 bits per heavy atom. The summed E-state index contributed by atoms with van der Waals surface area (Å²) in [4.78, 5) is 25.9. The molecule has 1 saturated carbocycles. The largest absolute Gasteiger partial charge is 0.490 e. The van der Waals surface area contributed by atoms with Gasteiger partial charge in [-0.1, -0.05) is 11.6 Å². The molecule has 2 aromatic carbocycles. The minimum Gasteiger partial charge on any atom is -0.490 e. The third kappa shape index (κ3) is 4.37. The lowest BCUT2D eigenvalue weighted by Crippen LogP contribution is -2.65. The van der Waals surface area contributed by atoms with Gasteiger partial charge < -0.3 is 24.6 Å². The van der Waals surface area contributed by atoms with Gasteiger partial charge in [-0.2, -0.15) is 5.10 Å². The number of pyridine rings is 1. The summed E-state index contributed by atoms with van der Waals surface area (Å²) in [5, 5.41) is 18.4. The second kappa shape index (κ2) is 9.28. The number of aliphatic carboxylic acids is 1. The first-order chi connectivity index (χ1) is 18.2. The summed E-state index contributed by atoms with van der Waals surface area (Å²) >= 11 is 6.29. The highest BCUT2D eigenvalue weighted by atomic mass is 35.5. The Bertz CT molecular complexity index is 1620. The van der Waals surface area contributed by atoms with Crippen LogP contribution in [0.5, 0.6) is 5.75 Å². The van der Waals surface area contributed by atoms with E-state index >= 15 is 0 Å². The summed E-state index contributed by atoms with van der Waals surface area (Å²) < 4.78 is 23.6. The predicted octanol–water partition coefficient (Wildman–Crippen LogP) is 3.72. The van der Waals surface area contributed by atoms with Crippen molar-refractivity contribution in [3.63, 3.8) is 0 Å². The number of likely N-dealkylation sites (tertiary alicyclic amines) is 1. The number of hydrogen-bond acceptors (Lipinski definition) is 6. The predicted molar refractivity (Wildman–Crippen MR) is 143 cm³/mol. The summed E-state index contributed by atoms with van der Waals surface area (Å²) in [5.41, 5.74) is 1.02. The van der Waals surface area contributed by atoms with Gasteiger partial charge >= 0.3 is 5.97 Å². The van der Waals surface area contributed by atoms with Gasteiger partial charge in [0.25, 0.3) is 5.56 Å². The number of aryl methyl sites for hydroxylation is 1. The van der Waals surface area contributed by atoms with Crippen LogP contribution >= 0.6 is 11.6 Å². The molecule has 0 bridgehead atoms. The van der Waals surface area contributed by atoms with Crippen LogP contribution < -0.4 is 15.6 Å². The van der Waals surface area contributed by atoms with Gasteiger partial charge in [0, 0.05) is 55.6 Å². The van der Waals surface area contributed by atoms with E-state index in [1.54, 1.807) is 25.4 Å². The lowest BCUT2D eigenvalue weighted by Gasteiger charge is -2.58. The van der Waals surface area contributed by atoms with Crippen molar-refractivity contribution >= 4 is 44.9 Å². The third-order valence-electron chi connectivity index (χ3n) is 7.65. The Morgan fingerprint density at radius 1 is 1.29 bits per heavy atom. The van der Waals surface area contributed by atoms with Gasteiger partial charge in [0.05, 0.1) is 33.9 Å². The van der Waals surface area contributed by atoms with Gasteiger partial charge in [0.1, 0.15) is 18.1 Å². The summed E-state index contributed by atoms with van der Waals surface area (Å²) in [6, 6.07) is 8.40. The lowest BCUT2D eigenvalue weighted by atomic mass is 9.62. The highest BCUT2D eigenvalue weighted by molar-refractivity contribution is 6.35. The average molecular weight is 540 g/mol. The van der Waals surface area contributed by atoms with Gasteiger partial charge in [0.15, 0.2) is 0 Å². The Balaban J connectivity index is 1.01. The molecule has 1 aliphatic carbocycles. The molecule has 0 radical (unpaired) electrons. The van der Waals surface area contributed by atoms with Crippen molar-refractivity contribution in [3.05, 3.63) is 63.9 Å². The Morgan fingerprint density at radius 2 is 2.08 bits per heavy atom. The number of rotatable bonds is 8. The van der Waals surface area contributed by atoms with Gasteiger partial charge in [-0.05, 0) is 43.2 Å². The number of carboxylic acids is 1. The van der Waals surface area contributed by atoms with E-state index in [9.17, 15) is 14.0 Å². The van der Waals surface area contributed by atoms with Crippen LogP contribution in [0.2, 0.25) is 5.02 Å². The van der Waals surface area contributed by atoms with Crippen LogP contribution in [0.25, 0.3) is 21.7 Å². The fourth-order valence-corrected chi connectivity index (χ4v) is 6.06. The van der Waals surface area contributed by atoms with Crippen molar-refractivity contribution in [2.75, 3.05) is 31.5 Å². The number of fused-ring (bicyclic) bond motifs is 2. The molecular formula is C27H27ClFN5O4. The Kier molecular flexibility index (Phi) is 6.03. The van der Waals surface area contributed by atoms with Gasteiger partial charge in [-0.25, -0.2) is 4.39 Å². The van der Waals surface area contributed by atoms with Crippen LogP contribution in [-0.2, 0) is 18.4 Å². The number of benzene rings is 2. The van der Waals surface area contributed by atoms with E-state index < -0.39 is 5.97 Å². The molecular weight excluding hydrogens is 513 g/mol. The molecule has 198 valence electrons. The molecule has 2 N–H and O–H groups in total. The van der Waals surface area contributed by atoms with E-state index in [0.717, 1.165) is 37.9 Å². The lowest BCUT2D eigenvalue weighted by molar-refractivity contribution is -0.137. The van der Waals surface area contributed by atoms with Crippen molar-refractivity contribution in [2.24, 2.45) is 12.5 Å². The Hall–Kier alpha value is -3.63. The van der Waals surface area contributed by atoms with Crippen molar-refractivity contribution in [3.8, 4) is 5.75 Å². The van der Waals surface area contributed by atoms with Crippen LogP contribution in [0.3, 0.4) is 0 Å². The van der Waals surface area contributed by atoms with E-state index in [1.807, 2.05) is 12.1 Å². The topological polar surface area (TPSA) is 102 Å². The molecule has 1 saturated heterocycles. The zero-order chi connectivity index (χ0) is 26.6. The van der Waals surface area contributed by atoms with Crippen LogP contribution in [-0.4, -0.2) is 62.6 Å². The van der Waals surface area contributed by atoms with Crippen LogP contribution in [0.15, 0.2) is 47.5 Å². The molecule has 1 spiro atoms. The van der Waals surface area contributed by atoms with E-state index in [2.05, 4.69) is 15.3 Å². The summed E-state index contributed by atoms with van der Waals surface area (Å²) in [5.74, 6) is -0.707. The number of carbonyl (C=O) groups is 1. The average Bonchev–Trinajstić information content (AvgIpc) is 3.19. The summed E-state index contributed by atoms with van der Waals surface area (Å²) in [6.45, 7) is 2.98. The summed E-state index contributed by atoms with van der Waals surface area (Å²) in [6.07, 6.45) is 5.19. The number of nitrogens with zero attached hydrogens (tertiary/aromatic N) is 4. The molecule has 1 aliphatic heterocycles. The highest BCUT2D eigenvalue weighted by Crippen LogP contribution is 2.50. The maximum Gasteiger partial charge on any atom is 0.325 e. The number of anilines is 1. The number of ether oxygens (including phenoxy) is 1. The van der Waals surface area contributed by atoms with E-state index in [0.29, 0.717) is 39.3 Å². The number of carboxylic acid groups (broad SMARTS) is 1. The molecule has 6 rings (SSSR count). The Labute approximate surface area is 222 Å². The fraction of sp³-hybridized carbons (Fsp3) is 0.370. The molecule has 0 unspecified atom stereocenters. The highest BCUT2D eigenvalue weighted by Gasteiger charge is 2.53. The van der Waals surface area contributed by atoms with Gasteiger partial charge in [0.2, 0.25) is 0 Å². The van der Waals surface area contributed by atoms with E-state index in [-0.39, 0.29) is 29.4 Å². The van der Waals surface area contributed by atoms with E-state index in [4.69, 9.17) is 21.4 Å². The number of nitrogens with one attached hydrogen (secondary N) is 1. The normalized spacial score (nSPS) is 17.0. The van der Waals surface area contributed by atoms with Gasteiger partial charge in [-0.15, -0.1) is 0 Å². The molecule has 2 aliphatic rings. The van der Waals surface area contributed by atoms with E-state index in [1.165, 1.54) is 21.5 Å². The zero-order valence-electron chi connectivity index (χ0n) is 20.8. The minimum atomic E-state index is -1.00. The van der Waals surface area contributed by atoms with Crippen LogP contribution in [0.1, 0.15) is 12.8 Å². The molecule has 0 atom stereocenters. The quantitative estimate of drug-likeness (QED) is 0.352. The monoisotopic (exact) mass is 539 g/mol. The molecule has 2 fully saturated rings.